The zero-order valence-corrected chi connectivity index (χ0v) is 8.95. The van der Waals surface area contributed by atoms with Crippen LogP contribution in [0.1, 0.15) is 5.76 Å². The summed E-state index contributed by atoms with van der Waals surface area (Å²) in [6, 6.07) is 10.5. The third kappa shape index (κ3) is 2.16. The van der Waals surface area contributed by atoms with Gasteiger partial charge in [-0.2, -0.15) is 0 Å². The average Bonchev–Trinajstić information content (AvgIpc) is 2.65. The van der Waals surface area contributed by atoms with Gasteiger partial charge in [0.05, 0.1) is 4.90 Å². The Kier molecular flexibility index (Phi) is 2.70. The van der Waals surface area contributed by atoms with Crippen molar-refractivity contribution in [2.24, 2.45) is 0 Å². The summed E-state index contributed by atoms with van der Waals surface area (Å²) in [5, 5.41) is 0. The molecule has 1 heterocycles. The van der Waals surface area contributed by atoms with E-state index in [4.69, 9.17) is 8.97 Å². The van der Waals surface area contributed by atoms with Crippen LogP contribution >= 0.6 is 0 Å². The predicted octanol–water partition coefficient (Wildman–Crippen LogP) is 2.84. The molecule has 0 fully saturated rings. The molecule has 0 amide bonds. The standard InChI is InChI=1S/C11H10O3S/c1-8-2-7-11(14-8)9-3-5-10(6-4-9)15(12)13/h2-7H,1H3,(H,12,13). The monoisotopic (exact) mass is 222 g/mol. The third-order valence-electron chi connectivity index (χ3n) is 2.08. The van der Waals surface area contributed by atoms with Gasteiger partial charge in [-0.3, -0.25) is 0 Å². The molecule has 1 aromatic carbocycles. The van der Waals surface area contributed by atoms with Crippen LogP contribution < -0.4 is 0 Å². The summed E-state index contributed by atoms with van der Waals surface area (Å²) in [5.41, 5.74) is 0.900. The van der Waals surface area contributed by atoms with Crippen molar-refractivity contribution in [3.63, 3.8) is 0 Å². The second-order valence-corrected chi connectivity index (χ2v) is 4.15. The summed E-state index contributed by atoms with van der Waals surface area (Å²) < 4.78 is 25.0. The molecule has 4 heteroatoms. The minimum Gasteiger partial charge on any atom is -0.461 e. The minimum absolute atomic E-state index is 0.391. The Hall–Kier alpha value is -1.39. The molecule has 15 heavy (non-hydrogen) atoms. The number of furan rings is 1. The molecule has 0 saturated carbocycles. The van der Waals surface area contributed by atoms with E-state index in [1.54, 1.807) is 24.3 Å². The van der Waals surface area contributed by atoms with E-state index in [9.17, 15) is 4.21 Å². The highest BCUT2D eigenvalue weighted by atomic mass is 32.2. The lowest BCUT2D eigenvalue weighted by molar-refractivity contribution is 0.548. The van der Waals surface area contributed by atoms with Crippen LogP contribution in [-0.4, -0.2) is 8.76 Å². The van der Waals surface area contributed by atoms with Crippen molar-refractivity contribution in [2.45, 2.75) is 11.8 Å². The Bertz CT molecular complexity index is 485. The zero-order chi connectivity index (χ0) is 10.8. The van der Waals surface area contributed by atoms with Crippen LogP contribution in [0.5, 0.6) is 0 Å². The van der Waals surface area contributed by atoms with Crippen molar-refractivity contribution in [3.8, 4) is 11.3 Å². The molecular formula is C11H10O3S. The highest BCUT2D eigenvalue weighted by Crippen LogP contribution is 2.22. The van der Waals surface area contributed by atoms with Gasteiger partial charge in [-0.25, -0.2) is 4.21 Å². The first-order valence-corrected chi connectivity index (χ1v) is 5.55. The second-order valence-electron chi connectivity index (χ2n) is 3.18. The van der Waals surface area contributed by atoms with Crippen molar-refractivity contribution < 1.29 is 13.2 Å². The van der Waals surface area contributed by atoms with E-state index in [0.717, 1.165) is 17.1 Å². The lowest BCUT2D eigenvalue weighted by atomic mass is 10.2. The molecule has 0 aliphatic rings. The predicted molar refractivity (Wildman–Crippen MR) is 57.9 cm³/mol. The largest absolute Gasteiger partial charge is 0.461 e. The van der Waals surface area contributed by atoms with Crippen LogP contribution in [0, 0.1) is 6.92 Å². The number of aryl methyl sites for hydroxylation is 1. The van der Waals surface area contributed by atoms with Crippen LogP contribution in [0.2, 0.25) is 0 Å². The molecular weight excluding hydrogens is 212 g/mol. The first-order valence-electron chi connectivity index (χ1n) is 4.44. The molecule has 2 rings (SSSR count). The number of hydrogen-bond acceptors (Lipinski definition) is 2. The minimum atomic E-state index is -1.92. The van der Waals surface area contributed by atoms with E-state index < -0.39 is 11.1 Å². The van der Waals surface area contributed by atoms with Gasteiger partial charge in [0, 0.05) is 5.56 Å². The molecule has 2 aromatic rings. The molecule has 0 aliphatic carbocycles. The molecule has 0 aliphatic heterocycles. The summed E-state index contributed by atoms with van der Waals surface area (Å²) >= 11 is -1.92. The molecule has 1 unspecified atom stereocenters. The molecule has 3 nitrogen and oxygen atoms in total. The van der Waals surface area contributed by atoms with Crippen molar-refractivity contribution in [2.75, 3.05) is 0 Å². The fourth-order valence-corrected chi connectivity index (χ4v) is 1.69. The summed E-state index contributed by atoms with van der Waals surface area (Å²) in [4.78, 5) is 0.391. The molecule has 1 atom stereocenters. The second kappa shape index (κ2) is 4.00. The Morgan fingerprint density at radius 3 is 2.27 bits per heavy atom. The smallest absolute Gasteiger partial charge is 0.186 e. The van der Waals surface area contributed by atoms with E-state index in [1.807, 2.05) is 19.1 Å². The molecule has 1 N–H and O–H groups in total. The third-order valence-corrected chi connectivity index (χ3v) is 2.76. The van der Waals surface area contributed by atoms with E-state index in [2.05, 4.69) is 0 Å². The maximum Gasteiger partial charge on any atom is 0.186 e. The number of benzene rings is 1. The van der Waals surface area contributed by atoms with Crippen LogP contribution in [0.3, 0.4) is 0 Å². The van der Waals surface area contributed by atoms with Gasteiger partial charge >= 0.3 is 0 Å². The summed E-state index contributed by atoms with van der Waals surface area (Å²) in [6.45, 7) is 1.88. The van der Waals surface area contributed by atoms with Gasteiger partial charge in [-0.15, -0.1) is 0 Å². The van der Waals surface area contributed by atoms with Gasteiger partial charge in [-0.05, 0) is 43.3 Å². The van der Waals surface area contributed by atoms with Crippen molar-refractivity contribution in [1.82, 2.24) is 0 Å². The number of hydrogen-bond donors (Lipinski definition) is 1. The average molecular weight is 222 g/mol. The normalized spacial score (nSPS) is 12.7. The number of rotatable bonds is 2. The zero-order valence-electron chi connectivity index (χ0n) is 8.14. The Labute approximate surface area is 90.0 Å². The Morgan fingerprint density at radius 2 is 1.80 bits per heavy atom. The SMILES string of the molecule is Cc1ccc(-c2ccc(S(=O)O)cc2)o1. The quantitative estimate of drug-likeness (QED) is 0.795. The van der Waals surface area contributed by atoms with Gasteiger partial charge in [0.2, 0.25) is 0 Å². The highest BCUT2D eigenvalue weighted by Gasteiger charge is 2.04. The van der Waals surface area contributed by atoms with Crippen LogP contribution in [0.4, 0.5) is 0 Å². The van der Waals surface area contributed by atoms with Crippen molar-refractivity contribution >= 4 is 11.1 Å². The van der Waals surface area contributed by atoms with E-state index in [0.29, 0.717) is 4.90 Å². The molecule has 78 valence electrons. The van der Waals surface area contributed by atoms with E-state index >= 15 is 0 Å². The van der Waals surface area contributed by atoms with E-state index in [-0.39, 0.29) is 0 Å². The van der Waals surface area contributed by atoms with Gasteiger partial charge < -0.3 is 8.97 Å². The molecule has 0 radical (unpaired) electrons. The Morgan fingerprint density at radius 1 is 1.13 bits per heavy atom. The van der Waals surface area contributed by atoms with Crippen LogP contribution in [-0.2, 0) is 11.1 Å². The van der Waals surface area contributed by atoms with Gasteiger partial charge in [0.1, 0.15) is 11.5 Å². The lowest BCUT2D eigenvalue weighted by Crippen LogP contribution is -1.86. The van der Waals surface area contributed by atoms with Crippen molar-refractivity contribution in [1.29, 1.82) is 0 Å². The fraction of sp³-hybridized carbons (Fsp3) is 0.0909. The maximum absolute atomic E-state index is 10.7. The molecule has 1 aromatic heterocycles. The molecule has 0 spiro atoms. The van der Waals surface area contributed by atoms with E-state index in [1.165, 1.54) is 0 Å². The van der Waals surface area contributed by atoms with Gasteiger partial charge in [0.15, 0.2) is 11.1 Å². The molecule has 0 bridgehead atoms. The maximum atomic E-state index is 10.7. The summed E-state index contributed by atoms with van der Waals surface area (Å²) in [7, 11) is 0. The van der Waals surface area contributed by atoms with Gasteiger partial charge in [0.25, 0.3) is 0 Å². The first-order chi connectivity index (χ1) is 7.16. The topological polar surface area (TPSA) is 50.4 Å². The molecule has 0 saturated heterocycles. The highest BCUT2D eigenvalue weighted by molar-refractivity contribution is 7.79. The lowest BCUT2D eigenvalue weighted by Gasteiger charge is -1.98. The first kappa shape index (κ1) is 10.1. The summed E-state index contributed by atoms with van der Waals surface area (Å²) in [5.74, 6) is 1.61. The fourth-order valence-electron chi connectivity index (χ4n) is 1.33. The van der Waals surface area contributed by atoms with Crippen LogP contribution in [0.25, 0.3) is 11.3 Å². The van der Waals surface area contributed by atoms with Crippen molar-refractivity contribution in [3.05, 3.63) is 42.2 Å². The van der Waals surface area contributed by atoms with Crippen LogP contribution in [0.15, 0.2) is 45.7 Å². The Balaban J connectivity index is 2.35. The van der Waals surface area contributed by atoms with Gasteiger partial charge in [-0.1, -0.05) is 0 Å². The summed E-state index contributed by atoms with van der Waals surface area (Å²) in [6.07, 6.45) is 0.